The third-order valence-corrected chi connectivity index (χ3v) is 4.36. The van der Waals surface area contributed by atoms with Crippen LogP contribution in [-0.4, -0.2) is 10.9 Å². The van der Waals surface area contributed by atoms with Crippen molar-refractivity contribution in [3.63, 3.8) is 0 Å². The second kappa shape index (κ2) is 7.89. The number of para-hydroxylation sites is 1. The van der Waals surface area contributed by atoms with Crippen LogP contribution in [0.25, 0.3) is 0 Å². The number of nitrogens with one attached hydrogen (secondary N) is 1. The van der Waals surface area contributed by atoms with Crippen molar-refractivity contribution in [2.75, 3.05) is 11.1 Å². The van der Waals surface area contributed by atoms with E-state index in [4.69, 9.17) is 0 Å². The Bertz CT molecular complexity index is 556. The molecule has 2 unspecified atom stereocenters. The molecule has 0 spiro atoms. The summed E-state index contributed by atoms with van der Waals surface area (Å²) in [5.41, 5.74) is 2.17. The van der Waals surface area contributed by atoms with Gasteiger partial charge in [0.05, 0.1) is 6.04 Å². The highest BCUT2D eigenvalue weighted by molar-refractivity contribution is 8.13. The summed E-state index contributed by atoms with van der Waals surface area (Å²) in [5.74, 6) is 0.730. The maximum absolute atomic E-state index is 12.3. The molecule has 0 aliphatic carbocycles. The molecule has 0 aliphatic rings. The maximum Gasteiger partial charge on any atom is 0.194 e. The molecule has 0 saturated heterocycles. The minimum atomic E-state index is -0.0856. The van der Waals surface area contributed by atoms with Crippen molar-refractivity contribution >= 4 is 22.6 Å². The number of rotatable bonds is 6. The minimum absolute atomic E-state index is 0.0138. The van der Waals surface area contributed by atoms with Crippen molar-refractivity contribution in [3.05, 3.63) is 66.2 Å². The predicted octanol–water partition coefficient (Wildman–Crippen LogP) is 4.76. The average molecular weight is 299 g/mol. The van der Waals surface area contributed by atoms with Crippen LogP contribution < -0.4 is 5.32 Å². The van der Waals surface area contributed by atoms with Crippen molar-refractivity contribution in [2.45, 2.75) is 19.9 Å². The van der Waals surface area contributed by atoms with Gasteiger partial charge in [0.15, 0.2) is 5.12 Å². The van der Waals surface area contributed by atoms with Gasteiger partial charge in [-0.1, -0.05) is 74.1 Å². The highest BCUT2D eigenvalue weighted by Crippen LogP contribution is 2.29. The topological polar surface area (TPSA) is 29.1 Å². The summed E-state index contributed by atoms with van der Waals surface area (Å²) in [4.78, 5) is 12.3. The molecule has 2 rings (SSSR count). The molecule has 0 amide bonds. The average Bonchev–Trinajstić information content (AvgIpc) is 2.54. The molecule has 0 bridgehead atoms. The first-order valence-electron chi connectivity index (χ1n) is 7.25. The molecule has 2 aromatic carbocycles. The highest BCUT2D eigenvalue weighted by Gasteiger charge is 2.25. The van der Waals surface area contributed by atoms with E-state index in [0.29, 0.717) is 0 Å². The molecule has 0 aliphatic heterocycles. The first-order valence-corrected chi connectivity index (χ1v) is 8.24. The smallest absolute Gasteiger partial charge is 0.194 e. The van der Waals surface area contributed by atoms with Crippen LogP contribution in [0, 0.1) is 5.92 Å². The second-order valence-electron chi connectivity index (χ2n) is 4.94. The summed E-state index contributed by atoms with van der Waals surface area (Å²) in [6, 6.07) is 20.2. The van der Waals surface area contributed by atoms with Crippen LogP contribution in [0.1, 0.15) is 25.5 Å². The van der Waals surface area contributed by atoms with E-state index in [-0.39, 0.29) is 17.1 Å². The molecule has 1 N–H and O–H groups in total. The van der Waals surface area contributed by atoms with Crippen LogP contribution in [-0.2, 0) is 4.79 Å². The number of anilines is 1. The zero-order valence-corrected chi connectivity index (χ0v) is 13.3. The molecule has 3 heteroatoms. The molecule has 0 saturated carbocycles. The Kier molecular flexibility index (Phi) is 5.88. The third kappa shape index (κ3) is 4.36. The lowest BCUT2D eigenvalue weighted by Crippen LogP contribution is -2.24. The number of benzene rings is 2. The van der Waals surface area contributed by atoms with Gasteiger partial charge in [-0.25, -0.2) is 0 Å². The molecule has 0 aromatic heterocycles. The quantitative estimate of drug-likeness (QED) is 0.834. The van der Waals surface area contributed by atoms with Gasteiger partial charge in [-0.2, -0.15) is 0 Å². The van der Waals surface area contributed by atoms with Gasteiger partial charge >= 0.3 is 0 Å². The van der Waals surface area contributed by atoms with Crippen molar-refractivity contribution in [1.82, 2.24) is 0 Å². The standard InChI is InChI=1S/C18H21NOS/c1-3-21-18(20)14(2)17(15-10-6-4-7-11-15)19-16-12-8-5-9-13-16/h4-14,17,19H,3H2,1-2H3. The maximum atomic E-state index is 12.3. The van der Waals surface area contributed by atoms with Gasteiger partial charge < -0.3 is 5.32 Å². The van der Waals surface area contributed by atoms with Crippen molar-refractivity contribution in [2.24, 2.45) is 5.92 Å². The molecule has 110 valence electrons. The lowest BCUT2D eigenvalue weighted by Gasteiger charge is -2.25. The van der Waals surface area contributed by atoms with Gasteiger partial charge in [-0.05, 0) is 23.4 Å². The minimum Gasteiger partial charge on any atom is -0.377 e. The van der Waals surface area contributed by atoms with Crippen molar-refractivity contribution in [1.29, 1.82) is 0 Å². The molecule has 2 nitrogen and oxygen atoms in total. The lowest BCUT2D eigenvalue weighted by molar-refractivity contribution is -0.114. The summed E-state index contributed by atoms with van der Waals surface area (Å²) in [7, 11) is 0. The highest BCUT2D eigenvalue weighted by atomic mass is 32.2. The number of carbonyl (C=O) groups is 1. The molecule has 0 radical (unpaired) electrons. The number of thioether (sulfide) groups is 1. The summed E-state index contributed by atoms with van der Waals surface area (Å²) in [5, 5.41) is 3.73. The Labute approximate surface area is 131 Å². The van der Waals surface area contributed by atoms with E-state index < -0.39 is 0 Å². The predicted molar refractivity (Wildman–Crippen MR) is 91.6 cm³/mol. The monoisotopic (exact) mass is 299 g/mol. The zero-order valence-electron chi connectivity index (χ0n) is 12.5. The summed E-state index contributed by atoms with van der Waals surface area (Å²) in [6.07, 6.45) is 0. The van der Waals surface area contributed by atoms with Gasteiger partial charge in [0.2, 0.25) is 0 Å². The van der Waals surface area contributed by atoms with E-state index in [9.17, 15) is 4.79 Å². The Morgan fingerprint density at radius 2 is 1.62 bits per heavy atom. The van der Waals surface area contributed by atoms with Crippen LogP contribution in [0.5, 0.6) is 0 Å². The Morgan fingerprint density at radius 3 is 2.19 bits per heavy atom. The molecule has 0 heterocycles. The van der Waals surface area contributed by atoms with Crippen molar-refractivity contribution < 1.29 is 4.79 Å². The Morgan fingerprint density at radius 1 is 1.05 bits per heavy atom. The van der Waals surface area contributed by atoms with E-state index in [1.165, 1.54) is 11.8 Å². The van der Waals surface area contributed by atoms with Crippen molar-refractivity contribution in [3.8, 4) is 0 Å². The summed E-state index contributed by atoms with van der Waals surface area (Å²) in [6.45, 7) is 4.01. The number of carbonyl (C=O) groups excluding carboxylic acids is 1. The fourth-order valence-corrected chi connectivity index (χ4v) is 2.96. The molecular weight excluding hydrogens is 278 g/mol. The Balaban J connectivity index is 2.24. The van der Waals surface area contributed by atoms with Crippen LogP contribution in [0.2, 0.25) is 0 Å². The van der Waals surface area contributed by atoms with Crippen LogP contribution in [0.4, 0.5) is 5.69 Å². The van der Waals surface area contributed by atoms with E-state index >= 15 is 0 Å². The van der Waals surface area contributed by atoms with Gasteiger partial charge in [0, 0.05) is 11.6 Å². The summed E-state index contributed by atoms with van der Waals surface area (Å²) < 4.78 is 0. The normalized spacial score (nSPS) is 13.4. The third-order valence-electron chi connectivity index (χ3n) is 3.41. The van der Waals surface area contributed by atoms with Gasteiger partial charge in [-0.3, -0.25) is 4.79 Å². The molecular formula is C18H21NOS. The van der Waals surface area contributed by atoms with Crippen LogP contribution >= 0.6 is 11.8 Å². The van der Waals surface area contributed by atoms with Crippen LogP contribution in [0.15, 0.2) is 60.7 Å². The SMILES string of the molecule is CCSC(=O)C(C)C(Nc1ccccc1)c1ccccc1. The molecule has 2 atom stereocenters. The van der Waals surface area contributed by atoms with Crippen LogP contribution in [0.3, 0.4) is 0 Å². The van der Waals surface area contributed by atoms with E-state index in [2.05, 4.69) is 17.4 Å². The fraction of sp³-hybridized carbons (Fsp3) is 0.278. The Hall–Kier alpha value is -1.74. The van der Waals surface area contributed by atoms with Gasteiger partial charge in [0.1, 0.15) is 0 Å². The molecule has 0 fully saturated rings. The van der Waals surface area contributed by atoms with Gasteiger partial charge in [-0.15, -0.1) is 0 Å². The number of hydrogen-bond donors (Lipinski definition) is 1. The fourth-order valence-electron chi connectivity index (χ4n) is 2.28. The summed E-state index contributed by atoms with van der Waals surface area (Å²) >= 11 is 1.39. The largest absolute Gasteiger partial charge is 0.377 e. The van der Waals surface area contributed by atoms with Gasteiger partial charge in [0.25, 0.3) is 0 Å². The number of hydrogen-bond acceptors (Lipinski definition) is 3. The first kappa shape index (κ1) is 15.6. The first-order chi connectivity index (χ1) is 10.2. The molecule has 2 aromatic rings. The van der Waals surface area contributed by atoms with E-state index in [0.717, 1.165) is 17.0 Å². The second-order valence-corrected chi connectivity index (χ2v) is 6.21. The van der Waals surface area contributed by atoms with E-state index in [1.54, 1.807) is 0 Å². The zero-order chi connectivity index (χ0) is 15.1. The van der Waals surface area contributed by atoms with E-state index in [1.807, 2.05) is 62.4 Å². The molecule has 21 heavy (non-hydrogen) atoms. The lowest BCUT2D eigenvalue weighted by atomic mass is 9.95.